The Labute approximate surface area is 158 Å². The van der Waals surface area contributed by atoms with Crippen molar-refractivity contribution in [1.29, 1.82) is 10.5 Å². The number of fused-ring (bicyclic) bond motifs is 3. The molecule has 0 spiro atoms. The van der Waals surface area contributed by atoms with Crippen LogP contribution in [0.3, 0.4) is 0 Å². The number of nitrogens with zero attached hydrogens (tertiary/aromatic N) is 8. The Morgan fingerprint density at radius 2 is 1.93 bits per heavy atom. The third-order valence-electron chi connectivity index (χ3n) is 4.02. The lowest BCUT2D eigenvalue weighted by molar-refractivity contribution is 0.0979. The first kappa shape index (κ1) is 16.9. The molecule has 0 bridgehead atoms. The van der Waals surface area contributed by atoms with E-state index in [0.29, 0.717) is 33.5 Å². The highest BCUT2D eigenvalue weighted by Gasteiger charge is 2.18. The van der Waals surface area contributed by atoms with Crippen LogP contribution in [0, 0.1) is 22.7 Å². The largest absolute Gasteiger partial charge is 0.290 e. The fourth-order valence-corrected chi connectivity index (χ4v) is 2.64. The molecular formula is C19H10N8O. The maximum atomic E-state index is 12.4. The quantitative estimate of drug-likeness (QED) is 0.403. The first-order chi connectivity index (χ1) is 13.7. The summed E-state index contributed by atoms with van der Waals surface area (Å²) in [6.07, 6.45) is 1.40. The summed E-state index contributed by atoms with van der Waals surface area (Å²) >= 11 is 0. The molecule has 0 amide bonds. The van der Waals surface area contributed by atoms with E-state index in [1.165, 1.54) is 10.7 Å². The van der Waals surface area contributed by atoms with E-state index in [-0.39, 0.29) is 0 Å². The van der Waals surface area contributed by atoms with Crippen LogP contribution in [0.15, 0.2) is 65.0 Å². The number of carbonyl (C=O) groups excluding carboxylic acids is 1. The normalized spacial score (nSPS) is 12.1. The van der Waals surface area contributed by atoms with Crippen LogP contribution < -0.4 is 0 Å². The van der Waals surface area contributed by atoms with Crippen LogP contribution in [0.1, 0.15) is 15.9 Å². The van der Waals surface area contributed by atoms with Crippen molar-refractivity contribution < 1.29 is 4.79 Å². The van der Waals surface area contributed by atoms with E-state index in [4.69, 9.17) is 5.26 Å². The van der Waals surface area contributed by atoms with E-state index < -0.39 is 11.8 Å². The Kier molecular flexibility index (Phi) is 4.25. The second-order valence-electron chi connectivity index (χ2n) is 5.76. The molecule has 4 aromatic rings. The average Bonchev–Trinajstić information content (AvgIpc) is 3.18. The van der Waals surface area contributed by atoms with Crippen LogP contribution in [0.4, 0.5) is 5.69 Å². The van der Waals surface area contributed by atoms with Gasteiger partial charge in [-0.25, -0.2) is 4.52 Å². The summed E-state index contributed by atoms with van der Waals surface area (Å²) in [7, 11) is 0. The van der Waals surface area contributed by atoms with Gasteiger partial charge in [0.05, 0.1) is 23.5 Å². The SMILES string of the molecule is N#Cc1cnn2c1nnc1ccc(N=NC(C#N)C(=O)c3ccccc3)cc12. The third-order valence-corrected chi connectivity index (χ3v) is 4.02. The van der Waals surface area contributed by atoms with Crippen molar-refractivity contribution >= 4 is 28.2 Å². The molecule has 0 aliphatic rings. The highest BCUT2D eigenvalue weighted by molar-refractivity contribution is 6.01. The summed E-state index contributed by atoms with van der Waals surface area (Å²) in [5.74, 6) is -0.424. The Hall–Kier alpha value is -4.50. The summed E-state index contributed by atoms with van der Waals surface area (Å²) in [5.41, 5.74) is 2.57. The second kappa shape index (κ2) is 7.02. The molecule has 4 rings (SSSR count). The maximum Gasteiger partial charge on any atom is 0.219 e. The lowest BCUT2D eigenvalue weighted by atomic mass is 10.1. The number of ketones is 1. The van der Waals surface area contributed by atoms with Crippen molar-refractivity contribution in [1.82, 2.24) is 19.8 Å². The number of hydrogen-bond acceptors (Lipinski definition) is 8. The molecule has 0 aliphatic carbocycles. The zero-order valence-electron chi connectivity index (χ0n) is 14.3. The van der Waals surface area contributed by atoms with Crippen molar-refractivity contribution in [2.45, 2.75) is 6.04 Å². The first-order valence-electron chi connectivity index (χ1n) is 8.15. The molecule has 132 valence electrons. The van der Waals surface area contributed by atoms with Crippen LogP contribution in [0.2, 0.25) is 0 Å². The van der Waals surface area contributed by atoms with Gasteiger partial charge in [0, 0.05) is 5.56 Å². The molecule has 1 unspecified atom stereocenters. The Balaban J connectivity index is 1.70. The lowest BCUT2D eigenvalue weighted by Gasteiger charge is -2.03. The van der Waals surface area contributed by atoms with Crippen molar-refractivity contribution in [3.05, 3.63) is 65.9 Å². The molecule has 2 aromatic carbocycles. The molecule has 2 heterocycles. The highest BCUT2D eigenvalue weighted by atomic mass is 16.1. The predicted molar refractivity (Wildman–Crippen MR) is 97.7 cm³/mol. The second-order valence-corrected chi connectivity index (χ2v) is 5.76. The third kappa shape index (κ3) is 2.93. The molecule has 28 heavy (non-hydrogen) atoms. The maximum absolute atomic E-state index is 12.4. The number of nitriles is 2. The molecule has 9 heteroatoms. The minimum atomic E-state index is -1.25. The zero-order chi connectivity index (χ0) is 19.5. The van der Waals surface area contributed by atoms with Gasteiger partial charge < -0.3 is 0 Å². The number of carbonyl (C=O) groups is 1. The monoisotopic (exact) mass is 366 g/mol. The lowest BCUT2D eigenvalue weighted by Crippen LogP contribution is -2.16. The average molecular weight is 366 g/mol. The fourth-order valence-electron chi connectivity index (χ4n) is 2.64. The van der Waals surface area contributed by atoms with E-state index in [2.05, 4.69) is 25.5 Å². The van der Waals surface area contributed by atoms with Crippen LogP contribution in [0.5, 0.6) is 0 Å². The van der Waals surface area contributed by atoms with Crippen LogP contribution in [-0.2, 0) is 0 Å². The van der Waals surface area contributed by atoms with Gasteiger partial charge in [-0.1, -0.05) is 30.3 Å². The van der Waals surface area contributed by atoms with Crippen molar-refractivity contribution in [3.63, 3.8) is 0 Å². The van der Waals surface area contributed by atoms with Gasteiger partial charge in [0.15, 0.2) is 5.65 Å². The zero-order valence-corrected chi connectivity index (χ0v) is 14.3. The van der Waals surface area contributed by atoms with E-state index >= 15 is 0 Å². The summed E-state index contributed by atoms with van der Waals surface area (Å²) in [5, 5.41) is 38.5. The van der Waals surface area contributed by atoms with Gasteiger partial charge in [-0.05, 0) is 18.2 Å². The number of Topliss-reactive ketones (excluding diaryl/α,β-unsaturated/α-hetero) is 1. The fraction of sp³-hybridized carbons (Fsp3) is 0.0526. The van der Waals surface area contributed by atoms with Gasteiger partial charge >= 0.3 is 0 Å². The minimum Gasteiger partial charge on any atom is -0.290 e. The number of aromatic nitrogens is 4. The minimum absolute atomic E-state index is 0.305. The molecule has 0 N–H and O–H groups in total. The standard InChI is InChI=1S/C19H10N8O/c20-9-13-11-22-27-17-8-14(6-7-15(17)24-26-19(13)27)23-25-16(10-21)18(28)12-4-2-1-3-5-12/h1-8,11,16H. The van der Waals surface area contributed by atoms with Crippen LogP contribution in [-0.4, -0.2) is 31.6 Å². The topological polar surface area (TPSA) is 132 Å². The van der Waals surface area contributed by atoms with E-state index in [1.807, 2.05) is 12.1 Å². The molecule has 0 saturated carbocycles. The Bertz CT molecular complexity index is 1310. The van der Waals surface area contributed by atoms with Gasteiger partial charge in [0.25, 0.3) is 0 Å². The van der Waals surface area contributed by atoms with Gasteiger partial charge in [-0.3, -0.25) is 4.79 Å². The summed E-state index contributed by atoms with van der Waals surface area (Å²) < 4.78 is 1.48. The highest BCUT2D eigenvalue weighted by Crippen LogP contribution is 2.22. The molecular weight excluding hydrogens is 356 g/mol. The number of benzene rings is 2. The molecule has 0 saturated heterocycles. The summed E-state index contributed by atoms with van der Waals surface area (Å²) in [4.78, 5) is 12.4. The number of hydrogen-bond donors (Lipinski definition) is 0. The molecule has 2 aromatic heterocycles. The Morgan fingerprint density at radius 3 is 2.68 bits per heavy atom. The molecule has 0 aliphatic heterocycles. The van der Waals surface area contributed by atoms with Crippen LogP contribution in [0.25, 0.3) is 16.7 Å². The van der Waals surface area contributed by atoms with Gasteiger partial charge in [0.1, 0.15) is 17.1 Å². The number of rotatable bonds is 4. The van der Waals surface area contributed by atoms with Gasteiger partial charge in [-0.2, -0.15) is 25.9 Å². The van der Waals surface area contributed by atoms with Crippen LogP contribution >= 0.6 is 0 Å². The molecule has 9 nitrogen and oxygen atoms in total. The van der Waals surface area contributed by atoms with Crippen molar-refractivity contribution in [2.24, 2.45) is 10.2 Å². The van der Waals surface area contributed by atoms with E-state index in [0.717, 1.165) is 0 Å². The smallest absolute Gasteiger partial charge is 0.219 e. The molecule has 0 radical (unpaired) electrons. The van der Waals surface area contributed by atoms with Gasteiger partial charge in [0.2, 0.25) is 11.8 Å². The molecule has 1 atom stereocenters. The molecule has 0 fully saturated rings. The van der Waals surface area contributed by atoms with E-state index in [1.54, 1.807) is 48.5 Å². The predicted octanol–water partition coefficient (Wildman–Crippen LogP) is 3.01. The number of azo groups is 1. The Morgan fingerprint density at radius 1 is 1.11 bits per heavy atom. The van der Waals surface area contributed by atoms with Crippen molar-refractivity contribution in [2.75, 3.05) is 0 Å². The summed E-state index contributed by atoms with van der Waals surface area (Å²) in [6, 6.07) is 16.0. The first-order valence-corrected chi connectivity index (χ1v) is 8.15. The van der Waals surface area contributed by atoms with Gasteiger partial charge in [-0.15, -0.1) is 10.2 Å². The van der Waals surface area contributed by atoms with E-state index in [9.17, 15) is 10.1 Å². The van der Waals surface area contributed by atoms with Crippen molar-refractivity contribution in [3.8, 4) is 12.1 Å². The summed E-state index contributed by atoms with van der Waals surface area (Å²) in [6.45, 7) is 0.